The van der Waals surface area contributed by atoms with Crippen LogP contribution in [0, 0.1) is 0 Å². The highest BCUT2D eigenvalue weighted by atomic mass is 32.2. The van der Waals surface area contributed by atoms with Crippen molar-refractivity contribution in [3.05, 3.63) is 54.4 Å². The van der Waals surface area contributed by atoms with Crippen LogP contribution in [0.4, 0.5) is 0 Å². The van der Waals surface area contributed by atoms with Crippen LogP contribution in [0.3, 0.4) is 0 Å². The van der Waals surface area contributed by atoms with Crippen molar-refractivity contribution < 1.29 is 13.2 Å². The number of thioether (sulfide) groups is 1. The summed E-state index contributed by atoms with van der Waals surface area (Å²) < 4.78 is 25.7. The number of nitrogens with zero attached hydrogens (tertiary/aromatic N) is 3. The first-order valence-corrected chi connectivity index (χ1v) is 12.4. The third-order valence-electron chi connectivity index (χ3n) is 5.14. The standard InChI is InChI=1S/C20H24N4O3S2/c1-2-11-24-18(15-10-12-29(26,27)13-15)22-23-20(24)28-17(14-6-4-3-5-7-14)19(25)21-16-8-9-16/h2-7,15-17H,1,8-13H2,(H,21,25)/t15-,17+/m1/s1. The van der Waals surface area contributed by atoms with Crippen LogP contribution in [0.15, 0.2) is 48.1 Å². The SMILES string of the molecule is C=CCn1c(S[C@H](C(=O)NC2CC2)c2ccccc2)nnc1[C@@H]1CCS(=O)(=O)C1. The van der Waals surface area contributed by atoms with Gasteiger partial charge >= 0.3 is 0 Å². The largest absolute Gasteiger partial charge is 0.352 e. The van der Waals surface area contributed by atoms with Gasteiger partial charge in [-0.2, -0.15) is 0 Å². The summed E-state index contributed by atoms with van der Waals surface area (Å²) in [4.78, 5) is 12.9. The van der Waals surface area contributed by atoms with Gasteiger partial charge < -0.3 is 9.88 Å². The molecule has 0 radical (unpaired) electrons. The molecular weight excluding hydrogens is 408 g/mol. The van der Waals surface area contributed by atoms with E-state index >= 15 is 0 Å². The van der Waals surface area contributed by atoms with E-state index in [4.69, 9.17) is 0 Å². The number of allylic oxidation sites excluding steroid dienone is 1. The molecule has 2 heterocycles. The lowest BCUT2D eigenvalue weighted by Gasteiger charge is -2.17. The molecule has 1 saturated carbocycles. The van der Waals surface area contributed by atoms with Gasteiger partial charge in [0, 0.05) is 18.5 Å². The van der Waals surface area contributed by atoms with Crippen molar-refractivity contribution in [2.45, 2.75) is 48.2 Å². The number of rotatable bonds is 8. The zero-order valence-corrected chi connectivity index (χ0v) is 17.7. The monoisotopic (exact) mass is 432 g/mol. The van der Waals surface area contributed by atoms with Gasteiger partial charge in [-0.15, -0.1) is 16.8 Å². The molecule has 29 heavy (non-hydrogen) atoms. The lowest BCUT2D eigenvalue weighted by atomic mass is 10.1. The normalized spacial score (nSPS) is 21.6. The molecule has 2 aliphatic rings. The number of carbonyl (C=O) groups is 1. The second-order valence-corrected chi connectivity index (χ2v) is 10.8. The number of aromatic nitrogens is 3. The maximum Gasteiger partial charge on any atom is 0.238 e. The molecule has 4 rings (SSSR count). The van der Waals surface area contributed by atoms with Crippen LogP contribution in [-0.4, -0.2) is 46.6 Å². The molecule has 1 N–H and O–H groups in total. The first-order valence-electron chi connectivity index (χ1n) is 9.73. The van der Waals surface area contributed by atoms with Gasteiger partial charge in [0.25, 0.3) is 0 Å². The number of amides is 1. The first-order chi connectivity index (χ1) is 14.0. The van der Waals surface area contributed by atoms with Gasteiger partial charge in [0.2, 0.25) is 5.91 Å². The Morgan fingerprint density at radius 3 is 2.66 bits per heavy atom. The predicted octanol–water partition coefficient (Wildman–Crippen LogP) is 2.48. The summed E-state index contributed by atoms with van der Waals surface area (Å²) >= 11 is 1.35. The van der Waals surface area contributed by atoms with E-state index in [-0.39, 0.29) is 29.4 Å². The van der Waals surface area contributed by atoms with Crippen molar-refractivity contribution in [3.8, 4) is 0 Å². The molecule has 0 unspecified atom stereocenters. The van der Waals surface area contributed by atoms with Crippen molar-refractivity contribution in [1.82, 2.24) is 20.1 Å². The molecule has 1 aromatic heterocycles. The minimum atomic E-state index is -3.03. The Kier molecular flexibility index (Phi) is 5.78. The smallest absolute Gasteiger partial charge is 0.238 e. The van der Waals surface area contributed by atoms with E-state index in [2.05, 4.69) is 22.1 Å². The molecule has 0 bridgehead atoms. The second-order valence-electron chi connectivity index (χ2n) is 7.53. The Morgan fingerprint density at radius 1 is 1.28 bits per heavy atom. The zero-order valence-electron chi connectivity index (χ0n) is 16.0. The third kappa shape index (κ3) is 4.72. The van der Waals surface area contributed by atoms with Crippen LogP contribution >= 0.6 is 11.8 Å². The van der Waals surface area contributed by atoms with E-state index in [1.165, 1.54) is 11.8 Å². The molecule has 9 heteroatoms. The number of carbonyl (C=O) groups excluding carboxylic acids is 1. The second kappa shape index (κ2) is 8.31. The molecule has 2 fully saturated rings. The van der Waals surface area contributed by atoms with Crippen LogP contribution in [0.1, 0.15) is 41.8 Å². The predicted molar refractivity (Wildman–Crippen MR) is 112 cm³/mol. The Hall–Kier alpha value is -2.13. The molecule has 1 aliphatic heterocycles. The van der Waals surface area contributed by atoms with Crippen molar-refractivity contribution in [1.29, 1.82) is 0 Å². The molecule has 0 spiro atoms. The number of benzene rings is 1. The summed E-state index contributed by atoms with van der Waals surface area (Å²) in [6, 6.07) is 9.88. The molecule has 154 valence electrons. The van der Waals surface area contributed by atoms with Gasteiger partial charge in [0.15, 0.2) is 15.0 Å². The maximum atomic E-state index is 12.9. The van der Waals surface area contributed by atoms with Gasteiger partial charge in [0.05, 0.1) is 11.5 Å². The molecule has 1 saturated heterocycles. The van der Waals surface area contributed by atoms with Gasteiger partial charge in [0.1, 0.15) is 11.1 Å². The van der Waals surface area contributed by atoms with Crippen LogP contribution in [0.5, 0.6) is 0 Å². The quantitative estimate of drug-likeness (QED) is 0.509. The van der Waals surface area contributed by atoms with E-state index in [0.29, 0.717) is 23.9 Å². The van der Waals surface area contributed by atoms with E-state index in [1.54, 1.807) is 6.08 Å². The van der Waals surface area contributed by atoms with Gasteiger partial charge in [-0.05, 0) is 24.8 Å². The highest BCUT2D eigenvalue weighted by Crippen LogP contribution is 2.37. The fourth-order valence-electron chi connectivity index (χ4n) is 3.50. The van der Waals surface area contributed by atoms with Crippen LogP contribution < -0.4 is 5.32 Å². The van der Waals surface area contributed by atoms with Gasteiger partial charge in [-0.1, -0.05) is 48.2 Å². The van der Waals surface area contributed by atoms with Crippen molar-refractivity contribution in [3.63, 3.8) is 0 Å². The van der Waals surface area contributed by atoms with E-state index in [9.17, 15) is 13.2 Å². The lowest BCUT2D eigenvalue weighted by Crippen LogP contribution is -2.30. The minimum Gasteiger partial charge on any atom is -0.352 e. The van der Waals surface area contributed by atoms with Crippen molar-refractivity contribution in [2.75, 3.05) is 11.5 Å². The molecule has 2 atom stereocenters. The van der Waals surface area contributed by atoms with Crippen molar-refractivity contribution >= 4 is 27.5 Å². The summed E-state index contributed by atoms with van der Waals surface area (Å²) in [5.74, 6) is 0.719. The average molecular weight is 433 g/mol. The minimum absolute atomic E-state index is 0.0400. The summed E-state index contributed by atoms with van der Waals surface area (Å²) in [5.41, 5.74) is 0.897. The maximum absolute atomic E-state index is 12.9. The van der Waals surface area contributed by atoms with E-state index < -0.39 is 15.1 Å². The van der Waals surface area contributed by atoms with E-state index in [0.717, 1.165) is 18.4 Å². The number of hydrogen-bond acceptors (Lipinski definition) is 6. The van der Waals surface area contributed by atoms with Crippen molar-refractivity contribution in [2.24, 2.45) is 0 Å². The fraction of sp³-hybridized carbons (Fsp3) is 0.450. The van der Waals surface area contributed by atoms with Gasteiger partial charge in [-0.3, -0.25) is 4.79 Å². The Balaban J connectivity index is 1.63. The molecular formula is C20H24N4O3S2. The lowest BCUT2D eigenvalue weighted by molar-refractivity contribution is -0.120. The Labute approximate surface area is 174 Å². The van der Waals surface area contributed by atoms with Crippen LogP contribution in [-0.2, 0) is 21.2 Å². The summed E-state index contributed by atoms with van der Waals surface area (Å²) in [7, 11) is -3.03. The zero-order chi connectivity index (χ0) is 20.4. The molecule has 7 nitrogen and oxygen atoms in total. The molecule has 2 aromatic rings. The van der Waals surface area contributed by atoms with Gasteiger partial charge in [-0.25, -0.2) is 8.42 Å². The topological polar surface area (TPSA) is 93.9 Å². The molecule has 1 amide bonds. The molecule has 1 aromatic carbocycles. The van der Waals surface area contributed by atoms with Crippen LogP contribution in [0.25, 0.3) is 0 Å². The highest BCUT2D eigenvalue weighted by Gasteiger charge is 2.35. The Morgan fingerprint density at radius 2 is 2.03 bits per heavy atom. The number of nitrogens with one attached hydrogen (secondary N) is 1. The van der Waals surface area contributed by atoms with E-state index in [1.807, 2.05) is 34.9 Å². The fourth-order valence-corrected chi connectivity index (χ4v) is 6.30. The highest BCUT2D eigenvalue weighted by molar-refractivity contribution is 8.00. The molecule has 1 aliphatic carbocycles. The first kappa shape index (κ1) is 20.2. The average Bonchev–Trinajstić information content (AvgIpc) is 3.32. The summed E-state index contributed by atoms with van der Waals surface area (Å²) in [6.45, 7) is 4.28. The number of hydrogen-bond donors (Lipinski definition) is 1. The Bertz CT molecular complexity index is 1000. The number of sulfone groups is 1. The third-order valence-corrected chi connectivity index (χ3v) is 8.14. The summed E-state index contributed by atoms with van der Waals surface area (Å²) in [6.07, 6.45) is 4.32. The summed E-state index contributed by atoms with van der Waals surface area (Å²) in [5, 5.41) is 11.9. The van der Waals surface area contributed by atoms with Crippen LogP contribution in [0.2, 0.25) is 0 Å².